The Labute approximate surface area is 149 Å². The van der Waals surface area contributed by atoms with Gasteiger partial charge < -0.3 is 11.1 Å². The van der Waals surface area contributed by atoms with Crippen molar-refractivity contribution in [1.82, 2.24) is 4.98 Å². The number of benzene rings is 1. The Balaban J connectivity index is 2.02. The molecule has 9 heteroatoms. The van der Waals surface area contributed by atoms with Crippen molar-refractivity contribution < 1.29 is 18.0 Å². The summed E-state index contributed by atoms with van der Waals surface area (Å²) in [6, 6.07) is 7.34. The SMILES string of the molecule is Cc1cc(C(F)(F)F)nc2sc(C(=O)Nc3ccc(Cl)cc3)c(N)c12. The van der Waals surface area contributed by atoms with Crippen LogP contribution in [0.4, 0.5) is 24.5 Å². The first-order valence-corrected chi connectivity index (χ1v) is 8.20. The second-order valence-electron chi connectivity index (χ2n) is 5.31. The van der Waals surface area contributed by atoms with Gasteiger partial charge in [0.2, 0.25) is 0 Å². The molecule has 0 aliphatic rings. The van der Waals surface area contributed by atoms with E-state index in [1.165, 1.54) is 6.92 Å². The number of hydrogen-bond donors (Lipinski definition) is 2. The molecule has 0 saturated heterocycles. The summed E-state index contributed by atoms with van der Waals surface area (Å²) in [5, 5.41) is 3.51. The maximum absolute atomic E-state index is 12.9. The third-order valence-electron chi connectivity index (χ3n) is 3.49. The summed E-state index contributed by atoms with van der Waals surface area (Å²) in [4.78, 5) is 16.2. The summed E-state index contributed by atoms with van der Waals surface area (Å²) in [7, 11) is 0. The van der Waals surface area contributed by atoms with E-state index in [9.17, 15) is 18.0 Å². The number of alkyl halides is 3. The van der Waals surface area contributed by atoms with E-state index in [1.807, 2.05) is 0 Å². The third-order valence-corrected chi connectivity index (χ3v) is 4.85. The highest BCUT2D eigenvalue weighted by atomic mass is 35.5. The normalized spacial score (nSPS) is 11.7. The van der Waals surface area contributed by atoms with E-state index in [1.54, 1.807) is 24.3 Å². The molecule has 0 aliphatic carbocycles. The molecule has 25 heavy (non-hydrogen) atoms. The highest BCUT2D eigenvalue weighted by molar-refractivity contribution is 7.21. The number of rotatable bonds is 2. The Kier molecular flexibility index (Phi) is 4.34. The average Bonchev–Trinajstić information content (AvgIpc) is 2.86. The Morgan fingerprint density at radius 2 is 1.92 bits per heavy atom. The topological polar surface area (TPSA) is 68.0 Å². The van der Waals surface area contributed by atoms with Crippen molar-refractivity contribution in [2.75, 3.05) is 11.1 Å². The number of nitrogens with two attached hydrogens (primary N) is 1. The van der Waals surface area contributed by atoms with Gasteiger partial charge in [-0.2, -0.15) is 13.2 Å². The molecule has 1 aromatic carbocycles. The Hall–Kier alpha value is -2.32. The number of thiophene rings is 1. The first-order chi connectivity index (χ1) is 11.7. The fraction of sp³-hybridized carbons (Fsp3) is 0.125. The van der Waals surface area contributed by atoms with Gasteiger partial charge in [-0.05, 0) is 42.8 Å². The van der Waals surface area contributed by atoms with E-state index >= 15 is 0 Å². The first-order valence-electron chi connectivity index (χ1n) is 7.00. The average molecular weight is 386 g/mol. The number of amides is 1. The molecule has 2 heterocycles. The van der Waals surface area contributed by atoms with Crippen molar-refractivity contribution in [2.24, 2.45) is 0 Å². The number of anilines is 2. The van der Waals surface area contributed by atoms with Crippen molar-refractivity contribution in [3.05, 3.63) is 51.5 Å². The molecular weight excluding hydrogens is 375 g/mol. The summed E-state index contributed by atoms with van der Waals surface area (Å²) in [5.41, 5.74) is 5.90. The number of nitrogens with one attached hydrogen (secondary N) is 1. The number of carbonyl (C=O) groups is 1. The van der Waals surface area contributed by atoms with Gasteiger partial charge in [0.1, 0.15) is 15.4 Å². The molecule has 0 spiro atoms. The molecule has 0 radical (unpaired) electrons. The smallest absolute Gasteiger partial charge is 0.397 e. The van der Waals surface area contributed by atoms with E-state index < -0.39 is 17.8 Å². The number of aryl methyl sites for hydroxylation is 1. The highest BCUT2D eigenvalue weighted by Gasteiger charge is 2.34. The Bertz CT molecular complexity index is 967. The summed E-state index contributed by atoms with van der Waals surface area (Å²) >= 11 is 6.61. The van der Waals surface area contributed by atoms with Gasteiger partial charge in [0.25, 0.3) is 5.91 Å². The van der Waals surface area contributed by atoms with Gasteiger partial charge in [0, 0.05) is 16.1 Å². The zero-order valence-corrected chi connectivity index (χ0v) is 14.3. The van der Waals surface area contributed by atoms with Crippen molar-refractivity contribution in [3.8, 4) is 0 Å². The third kappa shape index (κ3) is 3.40. The highest BCUT2D eigenvalue weighted by Crippen LogP contribution is 2.38. The van der Waals surface area contributed by atoms with Crippen molar-refractivity contribution in [1.29, 1.82) is 0 Å². The Morgan fingerprint density at radius 3 is 2.52 bits per heavy atom. The van der Waals surface area contributed by atoms with Crippen LogP contribution in [-0.2, 0) is 6.18 Å². The quantitative estimate of drug-likeness (QED) is 0.644. The minimum atomic E-state index is -4.57. The largest absolute Gasteiger partial charge is 0.433 e. The molecule has 0 aliphatic heterocycles. The van der Waals surface area contributed by atoms with Gasteiger partial charge in [-0.25, -0.2) is 4.98 Å². The summed E-state index contributed by atoms with van der Waals surface area (Å²) in [5.74, 6) is -0.518. The molecule has 3 aromatic rings. The van der Waals surface area contributed by atoms with Crippen molar-refractivity contribution >= 4 is 50.4 Å². The van der Waals surface area contributed by atoms with E-state index in [0.29, 0.717) is 21.7 Å². The summed E-state index contributed by atoms with van der Waals surface area (Å²) in [6.07, 6.45) is -4.57. The molecule has 1 amide bonds. The number of aromatic nitrogens is 1. The first kappa shape index (κ1) is 17.5. The van der Waals surface area contributed by atoms with Crippen LogP contribution in [-0.4, -0.2) is 10.9 Å². The van der Waals surface area contributed by atoms with Crippen LogP contribution in [0.2, 0.25) is 5.02 Å². The standard InChI is InChI=1S/C16H11ClF3N3OS/c1-7-6-10(16(18,19)20)23-15-11(7)12(21)13(25-15)14(24)22-9-4-2-8(17)3-5-9/h2-6H,21H2,1H3,(H,22,24). The van der Waals surface area contributed by atoms with Crippen LogP contribution in [0.5, 0.6) is 0 Å². The molecule has 0 unspecified atom stereocenters. The Morgan fingerprint density at radius 1 is 1.28 bits per heavy atom. The second-order valence-corrected chi connectivity index (χ2v) is 6.74. The second kappa shape index (κ2) is 6.20. The van der Waals surface area contributed by atoms with Crippen LogP contribution in [0.1, 0.15) is 20.9 Å². The predicted molar refractivity (Wildman–Crippen MR) is 93.2 cm³/mol. The van der Waals surface area contributed by atoms with Gasteiger partial charge in [-0.15, -0.1) is 11.3 Å². The molecule has 0 saturated carbocycles. The lowest BCUT2D eigenvalue weighted by Crippen LogP contribution is -2.11. The molecule has 0 fully saturated rings. The van der Waals surface area contributed by atoms with Crippen LogP contribution in [0.3, 0.4) is 0 Å². The van der Waals surface area contributed by atoms with Crippen LogP contribution in [0, 0.1) is 6.92 Å². The monoisotopic (exact) mass is 385 g/mol. The lowest BCUT2D eigenvalue weighted by atomic mass is 10.1. The number of carbonyl (C=O) groups excluding carboxylic acids is 1. The van der Waals surface area contributed by atoms with Gasteiger partial charge in [-0.3, -0.25) is 4.79 Å². The molecule has 3 N–H and O–H groups in total. The van der Waals surface area contributed by atoms with E-state index in [-0.39, 0.29) is 15.4 Å². The number of halogens is 4. The summed E-state index contributed by atoms with van der Waals surface area (Å²) < 4.78 is 38.7. The number of nitrogens with zero attached hydrogens (tertiary/aromatic N) is 1. The lowest BCUT2D eigenvalue weighted by molar-refractivity contribution is -0.141. The van der Waals surface area contributed by atoms with Crippen LogP contribution in [0.25, 0.3) is 10.2 Å². The fourth-order valence-electron chi connectivity index (χ4n) is 2.35. The molecule has 0 bridgehead atoms. The van der Waals surface area contributed by atoms with Gasteiger partial charge in [0.15, 0.2) is 0 Å². The minimum absolute atomic E-state index is 0.0751. The molecule has 0 atom stereocenters. The number of fused-ring (bicyclic) bond motifs is 1. The molecule has 4 nitrogen and oxygen atoms in total. The summed E-state index contributed by atoms with van der Waals surface area (Å²) in [6.45, 7) is 1.50. The van der Waals surface area contributed by atoms with Crippen molar-refractivity contribution in [2.45, 2.75) is 13.1 Å². The van der Waals surface area contributed by atoms with Gasteiger partial charge in [-0.1, -0.05) is 11.6 Å². The van der Waals surface area contributed by atoms with Crippen LogP contribution < -0.4 is 11.1 Å². The van der Waals surface area contributed by atoms with Crippen LogP contribution in [0.15, 0.2) is 30.3 Å². The fourth-order valence-corrected chi connectivity index (χ4v) is 3.54. The van der Waals surface area contributed by atoms with Crippen LogP contribution >= 0.6 is 22.9 Å². The van der Waals surface area contributed by atoms with Crippen molar-refractivity contribution in [3.63, 3.8) is 0 Å². The van der Waals surface area contributed by atoms with E-state index in [0.717, 1.165) is 17.4 Å². The minimum Gasteiger partial charge on any atom is -0.397 e. The van der Waals surface area contributed by atoms with E-state index in [4.69, 9.17) is 17.3 Å². The lowest BCUT2D eigenvalue weighted by Gasteiger charge is -2.07. The number of nitrogen functional groups attached to an aromatic ring is 1. The van der Waals surface area contributed by atoms with E-state index in [2.05, 4.69) is 10.3 Å². The predicted octanol–water partition coefficient (Wildman–Crippen LogP) is 5.11. The molecule has 130 valence electrons. The van der Waals surface area contributed by atoms with Gasteiger partial charge >= 0.3 is 6.18 Å². The number of hydrogen-bond acceptors (Lipinski definition) is 4. The zero-order valence-electron chi connectivity index (χ0n) is 12.7. The molecule has 3 rings (SSSR count). The van der Waals surface area contributed by atoms with Gasteiger partial charge in [0.05, 0.1) is 5.69 Å². The number of pyridine rings is 1. The zero-order chi connectivity index (χ0) is 18.4. The molecular formula is C16H11ClF3N3OS. The maximum atomic E-state index is 12.9. The molecule has 2 aromatic heterocycles. The maximum Gasteiger partial charge on any atom is 0.433 e.